The molecule has 6 nitrogen and oxygen atoms in total. The Morgan fingerprint density at radius 2 is 1.65 bits per heavy atom. The minimum Gasteiger partial charge on any atom is -0.464 e. The molecule has 0 bridgehead atoms. The number of ether oxygens (including phenoxy) is 2. The van der Waals surface area contributed by atoms with Gasteiger partial charge in [-0.1, -0.05) is 60.7 Å². The van der Waals surface area contributed by atoms with Crippen LogP contribution in [0.15, 0.2) is 60.7 Å². The zero-order chi connectivity index (χ0) is 18.8. The van der Waals surface area contributed by atoms with Crippen LogP contribution < -0.4 is 5.32 Å². The first-order valence-electron chi connectivity index (χ1n) is 8.21. The maximum absolute atomic E-state index is 12.6. The van der Waals surface area contributed by atoms with Crippen molar-refractivity contribution >= 4 is 12.1 Å². The summed E-state index contributed by atoms with van der Waals surface area (Å²) in [6.45, 7) is 1.83. The van der Waals surface area contributed by atoms with Gasteiger partial charge in [0.2, 0.25) is 0 Å². The Labute approximate surface area is 152 Å². The molecule has 2 aromatic carbocycles. The van der Waals surface area contributed by atoms with E-state index in [-0.39, 0.29) is 19.6 Å². The number of nitrogens with zero attached hydrogens (tertiary/aromatic N) is 1. The third-order valence-corrected chi connectivity index (χ3v) is 3.76. The average Bonchev–Trinajstić information content (AvgIpc) is 2.67. The molecule has 0 spiro atoms. The Morgan fingerprint density at radius 3 is 2.23 bits per heavy atom. The largest absolute Gasteiger partial charge is 0.464 e. The van der Waals surface area contributed by atoms with E-state index >= 15 is 0 Å². The van der Waals surface area contributed by atoms with Gasteiger partial charge in [0.15, 0.2) is 5.54 Å². The molecule has 0 saturated carbocycles. The maximum Gasteiger partial charge on any atom is 0.408 e. The Morgan fingerprint density at radius 1 is 1.04 bits per heavy atom. The third kappa shape index (κ3) is 4.61. The molecule has 0 fully saturated rings. The molecule has 0 aliphatic rings. The van der Waals surface area contributed by atoms with Gasteiger partial charge in [0.1, 0.15) is 6.61 Å². The Balaban J connectivity index is 2.23. The molecule has 2 aromatic rings. The van der Waals surface area contributed by atoms with Crippen molar-refractivity contribution in [3.05, 3.63) is 71.8 Å². The first-order valence-corrected chi connectivity index (χ1v) is 8.21. The van der Waals surface area contributed by atoms with E-state index in [2.05, 4.69) is 5.32 Å². The van der Waals surface area contributed by atoms with Crippen molar-refractivity contribution < 1.29 is 19.1 Å². The minimum atomic E-state index is -1.63. The second kappa shape index (κ2) is 9.23. The second-order valence-electron chi connectivity index (χ2n) is 5.51. The Kier molecular flexibility index (Phi) is 6.75. The van der Waals surface area contributed by atoms with Crippen LogP contribution in [0.2, 0.25) is 0 Å². The number of nitriles is 1. The number of nitrogens with one attached hydrogen (secondary N) is 1. The van der Waals surface area contributed by atoms with Gasteiger partial charge in [0.25, 0.3) is 0 Å². The molecule has 6 heteroatoms. The van der Waals surface area contributed by atoms with E-state index in [1.165, 1.54) is 0 Å². The first-order chi connectivity index (χ1) is 12.6. The maximum atomic E-state index is 12.6. The SMILES string of the molecule is CCOC(=O)[C@](CC#N)(NC(=O)OCc1ccccc1)c1ccccc1. The summed E-state index contributed by atoms with van der Waals surface area (Å²) >= 11 is 0. The van der Waals surface area contributed by atoms with Gasteiger partial charge in [0, 0.05) is 0 Å². The number of esters is 1. The lowest BCUT2D eigenvalue weighted by atomic mass is 9.87. The van der Waals surface area contributed by atoms with Gasteiger partial charge in [-0.15, -0.1) is 0 Å². The molecular weight excluding hydrogens is 332 g/mol. The molecular formula is C20H20N2O4. The van der Waals surface area contributed by atoms with Gasteiger partial charge in [-0.3, -0.25) is 0 Å². The summed E-state index contributed by atoms with van der Waals surface area (Å²) in [7, 11) is 0. The van der Waals surface area contributed by atoms with Crippen LogP contribution in [0.1, 0.15) is 24.5 Å². The van der Waals surface area contributed by atoms with Crippen molar-refractivity contribution in [3.8, 4) is 6.07 Å². The highest BCUT2D eigenvalue weighted by Gasteiger charge is 2.44. The second-order valence-corrected chi connectivity index (χ2v) is 5.51. The van der Waals surface area contributed by atoms with Gasteiger partial charge < -0.3 is 14.8 Å². The molecule has 0 aliphatic carbocycles. The molecule has 0 radical (unpaired) electrons. The summed E-state index contributed by atoms with van der Waals surface area (Å²) < 4.78 is 10.3. The van der Waals surface area contributed by atoms with E-state index in [1.807, 2.05) is 36.4 Å². The number of carbonyl (C=O) groups is 2. The van der Waals surface area contributed by atoms with E-state index in [1.54, 1.807) is 37.3 Å². The lowest BCUT2D eigenvalue weighted by Crippen LogP contribution is -2.52. The zero-order valence-corrected chi connectivity index (χ0v) is 14.5. The highest BCUT2D eigenvalue weighted by Crippen LogP contribution is 2.27. The van der Waals surface area contributed by atoms with Gasteiger partial charge in [-0.05, 0) is 18.1 Å². The number of carbonyl (C=O) groups excluding carboxylic acids is 2. The number of hydrogen-bond acceptors (Lipinski definition) is 5. The number of rotatable bonds is 7. The molecule has 0 aliphatic heterocycles. The third-order valence-electron chi connectivity index (χ3n) is 3.76. The lowest BCUT2D eigenvalue weighted by molar-refractivity contribution is -0.151. The van der Waals surface area contributed by atoms with Crippen molar-refractivity contribution in [2.45, 2.75) is 25.5 Å². The van der Waals surface area contributed by atoms with Gasteiger partial charge >= 0.3 is 12.1 Å². The molecule has 0 heterocycles. The fourth-order valence-electron chi connectivity index (χ4n) is 2.49. The fraction of sp³-hybridized carbons (Fsp3) is 0.250. The van der Waals surface area contributed by atoms with Crippen LogP contribution in [-0.4, -0.2) is 18.7 Å². The predicted octanol–water partition coefficient (Wildman–Crippen LogP) is 3.29. The van der Waals surface area contributed by atoms with E-state index in [9.17, 15) is 14.9 Å². The van der Waals surface area contributed by atoms with E-state index in [0.717, 1.165) is 5.56 Å². The first kappa shape index (κ1) is 19.0. The summed E-state index contributed by atoms with van der Waals surface area (Å²) in [6, 6.07) is 19.6. The van der Waals surface area contributed by atoms with Crippen molar-refractivity contribution in [3.63, 3.8) is 0 Å². The number of benzene rings is 2. The summed E-state index contributed by atoms with van der Waals surface area (Å²) in [6.07, 6.45) is -1.09. The molecule has 0 saturated heterocycles. The molecule has 134 valence electrons. The van der Waals surface area contributed by atoms with E-state index in [0.29, 0.717) is 5.56 Å². The van der Waals surface area contributed by atoms with Gasteiger partial charge in [-0.2, -0.15) is 5.26 Å². The van der Waals surface area contributed by atoms with Crippen LogP contribution in [0.3, 0.4) is 0 Å². The van der Waals surface area contributed by atoms with Crippen LogP contribution >= 0.6 is 0 Å². The topological polar surface area (TPSA) is 88.4 Å². The van der Waals surface area contributed by atoms with Crippen molar-refractivity contribution in [2.75, 3.05) is 6.61 Å². The highest BCUT2D eigenvalue weighted by atomic mass is 16.6. The molecule has 0 unspecified atom stereocenters. The number of hydrogen-bond donors (Lipinski definition) is 1. The fourth-order valence-corrected chi connectivity index (χ4v) is 2.49. The van der Waals surface area contributed by atoms with Crippen molar-refractivity contribution in [1.82, 2.24) is 5.32 Å². The Hall–Kier alpha value is -3.33. The summed E-state index contributed by atoms with van der Waals surface area (Å²) in [5, 5.41) is 11.8. The monoisotopic (exact) mass is 352 g/mol. The summed E-state index contributed by atoms with van der Waals surface area (Å²) in [4.78, 5) is 25.0. The number of amides is 1. The van der Waals surface area contributed by atoms with Crippen LogP contribution in [-0.2, 0) is 26.4 Å². The highest BCUT2D eigenvalue weighted by molar-refractivity contribution is 5.87. The van der Waals surface area contributed by atoms with E-state index in [4.69, 9.17) is 9.47 Å². The quantitative estimate of drug-likeness (QED) is 0.773. The molecule has 1 amide bonds. The average molecular weight is 352 g/mol. The summed E-state index contributed by atoms with van der Waals surface area (Å²) in [5.41, 5.74) is -0.360. The molecule has 1 atom stereocenters. The Bertz CT molecular complexity index is 771. The lowest BCUT2D eigenvalue weighted by Gasteiger charge is -2.30. The summed E-state index contributed by atoms with van der Waals surface area (Å²) in [5.74, 6) is -0.704. The molecule has 2 rings (SSSR count). The van der Waals surface area contributed by atoms with Crippen molar-refractivity contribution in [2.24, 2.45) is 0 Å². The van der Waals surface area contributed by atoms with Crippen LogP contribution in [0, 0.1) is 11.3 Å². The van der Waals surface area contributed by atoms with E-state index < -0.39 is 17.6 Å². The van der Waals surface area contributed by atoms with Crippen LogP contribution in [0.4, 0.5) is 4.79 Å². The minimum absolute atomic E-state index is 0.0485. The molecule has 0 aromatic heterocycles. The number of alkyl carbamates (subject to hydrolysis) is 1. The normalized spacial score (nSPS) is 12.3. The zero-order valence-electron chi connectivity index (χ0n) is 14.5. The predicted molar refractivity (Wildman–Crippen MR) is 94.7 cm³/mol. The van der Waals surface area contributed by atoms with Crippen LogP contribution in [0.5, 0.6) is 0 Å². The van der Waals surface area contributed by atoms with Crippen LogP contribution in [0.25, 0.3) is 0 Å². The van der Waals surface area contributed by atoms with Gasteiger partial charge in [0.05, 0.1) is 19.1 Å². The smallest absolute Gasteiger partial charge is 0.408 e. The molecule has 1 N–H and O–H groups in total. The molecule has 26 heavy (non-hydrogen) atoms. The van der Waals surface area contributed by atoms with Crippen molar-refractivity contribution in [1.29, 1.82) is 5.26 Å². The van der Waals surface area contributed by atoms with Gasteiger partial charge in [-0.25, -0.2) is 9.59 Å². The standard InChI is InChI=1S/C20H20N2O4/c1-2-25-18(23)20(13-14-21,17-11-7-4-8-12-17)22-19(24)26-15-16-9-5-3-6-10-16/h3-12H,2,13,15H2,1H3,(H,22,24)/t20-/m1/s1.